The molecule has 0 unspecified atom stereocenters. The number of aromatic amines is 1. The van der Waals surface area contributed by atoms with E-state index in [0.717, 1.165) is 11.4 Å². The minimum Gasteiger partial charge on any atom is -0.507 e. The summed E-state index contributed by atoms with van der Waals surface area (Å²) in [7, 11) is 5.16. The van der Waals surface area contributed by atoms with Crippen molar-refractivity contribution >= 4 is 34.8 Å². The summed E-state index contributed by atoms with van der Waals surface area (Å²) >= 11 is 1.42. The van der Waals surface area contributed by atoms with Crippen LogP contribution < -0.4 is 0 Å². The average Bonchev–Trinajstić information content (AvgIpc) is 3.40. The molecule has 3 rings (SSSR count). The lowest BCUT2D eigenvalue weighted by molar-refractivity contribution is -0.139. The highest BCUT2D eigenvalue weighted by atomic mass is 32.1. The van der Waals surface area contributed by atoms with Crippen molar-refractivity contribution in [1.29, 1.82) is 0 Å². The summed E-state index contributed by atoms with van der Waals surface area (Å²) in [6.45, 7) is 4.51. The summed E-state index contributed by atoms with van der Waals surface area (Å²) in [5.41, 5.74) is 1.56. The molecule has 0 bridgehead atoms. The molecule has 8 nitrogen and oxygen atoms in total. The van der Waals surface area contributed by atoms with E-state index >= 15 is 0 Å². The molecule has 0 spiro atoms. The van der Waals surface area contributed by atoms with E-state index in [-0.39, 0.29) is 17.0 Å². The maximum Gasteiger partial charge on any atom is 0.354 e. The molecule has 2 aromatic rings. The van der Waals surface area contributed by atoms with E-state index in [4.69, 9.17) is 4.74 Å². The Balaban J connectivity index is 2.12. The topological polar surface area (TPSA) is 103 Å². The van der Waals surface area contributed by atoms with E-state index < -0.39 is 23.7 Å². The van der Waals surface area contributed by atoms with Crippen LogP contribution in [-0.4, -0.2) is 71.8 Å². The van der Waals surface area contributed by atoms with Crippen LogP contribution in [0.5, 0.6) is 0 Å². The van der Waals surface area contributed by atoms with Crippen molar-refractivity contribution in [2.75, 3.05) is 34.3 Å². The first-order valence-corrected chi connectivity index (χ1v) is 10.8. The zero-order valence-electron chi connectivity index (χ0n) is 18.3. The van der Waals surface area contributed by atoms with E-state index in [9.17, 15) is 19.5 Å². The molecule has 3 heterocycles. The van der Waals surface area contributed by atoms with Gasteiger partial charge >= 0.3 is 5.97 Å². The van der Waals surface area contributed by atoms with Gasteiger partial charge in [-0.15, -0.1) is 11.3 Å². The lowest BCUT2D eigenvalue weighted by atomic mass is 9.97. The first kappa shape index (κ1) is 22.8. The average molecular weight is 446 g/mol. The Bertz CT molecular complexity index is 1040. The molecule has 1 saturated heterocycles. The van der Waals surface area contributed by atoms with E-state index in [1.807, 2.05) is 36.5 Å². The van der Waals surface area contributed by atoms with Crippen LogP contribution in [-0.2, 0) is 14.3 Å². The number of carbonyl (C=O) groups is 3. The number of carbonyl (C=O) groups excluding carboxylic acids is 3. The van der Waals surface area contributed by atoms with Crippen molar-refractivity contribution in [3.63, 3.8) is 0 Å². The molecular formula is C22H27N3O5S. The number of nitrogens with zero attached hydrogens (tertiary/aromatic N) is 2. The minimum absolute atomic E-state index is 0.0407. The third-order valence-electron chi connectivity index (χ3n) is 5.42. The molecule has 31 heavy (non-hydrogen) atoms. The van der Waals surface area contributed by atoms with Crippen molar-refractivity contribution in [3.05, 3.63) is 50.5 Å². The minimum atomic E-state index is -0.722. The highest BCUT2D eigenvalue weighted by Crippen LogP contribution is 2.42. The number of aromatic nitrogens is 1. The molecule has 1 atom stereocenters. The highest BCUT2D eigenvalue weighted by Gasteiger charge is 2.46. The number of hydrogen-bond acceptors (Lipinski definition) is 7. The van der Waals surface area contributed by atoms with Gasteiger partial charge in [0, 0.05) is 22.7 Å². The largest absolute Gasteiger partial charge is 0.507 e. The first-order chi connectivity index (χ1) is 14.7. The molecule has 1 aliphatic rings. The fourth-order valence-corrected chi connectivity index (χ4v) is 4.80. The van der Waals surface area contributed by atoms with Crippen LogP contribution in [0.2, 0.25) is 0 Å². The molecule has 0 radical (unpaired) electrons. The number of thiophene rings is 1. The van der Waals surface area contributed by atoms with Gasteiger partial charge in [0.05, 0.1) is 18.7 Å². The number of aryl methyl sites for hydroxylation is 1. The monoisotopic (exact) mass is 445 g/mol. The molecule has 1 amide bonds. The third-order valence-corrected chi connectivity index (χ3v) is 6.35. The molecule has 0 aromatic carbocycles. The number of esters is 1. The lowest BCUT2D eigenvalue weighted by Gasteiger charge is -2.24. The number of ether oxygens (including phenoxy) is 1. The SMILES string of the molecule is COC(=O)c1[nH]c(C)c(C(O)=C2C(=O)C(=O)N(CCCN(C)C)[C@H]2c2cccs2)c1C. The van der Waals surface area contributed by atoms with Gasteiger partial charge in [0.25, 0.3) is 11.7 Å². The van der Waals surface area contributed by atoms with Crippen LogP contribution in [0.15, 0.2) is 23.1 Å². The number of likely N-dealkylation sites (tertiary alicyclic amines) is 1. The number of methoxy groups -OCH3 is 1. The van der Waals surface area contributed by atoms with E-state index in [0.29, 0.717) is 29.8 Å². The number of H-pyrrole nitrogens is 1. The Labute approximate surface area is 185 Å². The second kappa shape index (κ2) is 9.07. The Kier molecular flexibility index (Phi) is 6.66. The van der Waals surface area contributed by atoms with E-state index in [1.54, 1.807) is 13.8 Å². The summed E-state index contributed by atoms with van der Waals surface area (Å²) in [5, 5.41) is 13.1. The van der Waals surface area contributed by atoms with Gasteiger partial charge in [-0.3, -0.25) is 9.59 Å². The van der Waals surface area contributed by atoms with Crippen molar-refractivity contribution < 1.29 is 24.2 Å². The summed E-state index contributed by atoms with van der Waals surface area (Å²) in [4.78, 5) is 45.2. The normalized spacial score (nSPS) is 18.3. The van der Waals surface area contributed by atoms with Gasteiger partial charge in [0.15, 0.2) is 0 Å². The molecule has 2 N–H and O–H groups in total. The van der Waals surface area contributed by atoms with Crippen molar-refractivity contribution in [2.24, 2.45) is 0 Å². The van der Waals surface area contributed by atoms with Gasteiger partial charge in [0.2, 0.25) is 0 Å². The summed E-state index contributed by atoms with van der Waals surface area (Å²) in [6, 6.07) is 3.03. The summed E-state index contributed by atoms with van der Waals surface area (Å²) in [6.07, 6.45) is 0.691. The van der Waals surface area contributed by atoms with Crippen LogP contribution in [0.3, 0.4) is 0 Å². The fourth-order valence-electron chi connectivity index (χ4n) is 3.96. The van der Waals surface area contributed by atoms with Gasteiger partial charge in [-0.25, -0.2) is 4.79 Å². The Morgan fingerprint density at radius 3 is 2.61 bits per heavy atom. The van der Waals surface area contributed by atoms with Crippen molar-refractivity contribution in [1.82, 2.24) is 14.8 Å². The highest BCUT2D eigenvalue weighted by molar-refractivity contribution is 7.10. The van der Waals surface area contributed by atoms with E-state index in [1.165, 1.54) is 23.3 Å². The number of ketones is 1. The zero-order chi connectivity index (χ0) is 22.9. The molecule has 0 aliphatic carbocycles. The van der Waals surface area contributed by atoms with Crippen molar-refractivity contribution in [3.8, 4) is 0 Å². The van der Waals surface area contributed by atoms with Gasteiger partial charge in [-0.05, 0) is 57.9 Å². The zero-order valence-corrected chi connectivity index (χ0v) is 19.1. The van der Waals surface area contributed by atoms with Crippen molar-refractivity contribution in [2.45, 2.75) is 26.3 Å². The quantitative estimate of drug-likeness (QED) is 0.294. The predicted molar refractivity (Wildman–Crippen MR) is 118 cm³/mol. The maximum atomic E-state index is 13.0. The maximum absolute atomic E-state index is 13.0. The van der Waals surface area contributed by atoms with Crippen LogP contribution in [0.25, 0.3) is 5.76 Å². The smallest absolute Gasteiger partial charge is 0.354 e. The van der Waals surface area contributed by atoms with Crippen LogP contribution in [0, 0.1) is 13.8 Å². The summed E-state index contributed by atoms with van der Waals surface area (Å²) in [5.74, 6) is -2.20. The number of amides is 1. The number of nitrogens with one attached hydrogen (secondary N) is 1. The molecule has 1 fully saturated rings. The number of aliphatic hydroxyl groups is 1. The molecule has 166 valence electrons. The Hall–Kier alpha value is -2.91. The molecule has 2 aromatic heterocycles. The number of Topliss-reactive ketones (excluding diaryl/α,β-unsaturated/α-hetero) is 1. The second-order valence-electron chi connectivity index (χ2n) is 7.78. The molecule has 1 aliphatic heterocycles. The first-order valence-electron chi connectivity index (χ1n) is 9.93. The van der Waals surface area contributed by atoms with Gasteiger partial charge < -0.3 is 24.6 Å². The van der Waals surface area contributed by atoms with Gasteiger partial charge in [0.1, 0.15) is 11.5 Å². The van der Waals surface area contributed by atoms with Crippen LogP contribution in [0.4, 0.5) is 0 Å². The van der Waals surface area contributed by atoms with Crippen LogP contribution in [0.1, 0.15) is 44.6 Å². The third kappa shape index (κ3) is 4.15. The molecular weight excluding hydrogens is 418 g/mol. The van der Waals surface area contributed by atoms with Gasteiger partial charge in [-0.2, -0.15) is 0 Å². The fraction of sp³-hybridized carbons (Fsp3) is 0.409. The second-order valence-corrected chi connectivity index (χ2v) is 8.76. The summed E-state index contributed by atoms with van der Waals surface area (Å²) < 4.78 is 4.79. The van der Waals surface area contributed by atoms with Gasteiger partial charge in [-0.1, -0.05) is 6.07 Å². The number of rotatable bonds is 7. The Morgan fingerprint density at radius 2 is 2.03 bits per heavy atom. The van der Waals surface area contributed by atoms with Crippen LogP contribution >= 0.6 is 11.3 Å². The number of hydrogen-bond donors (Lipinski definition) is 2. The number of aliphatic hydroxyl groups excluding tert-OH is 1. The lowest BCUT2D eigenvalue weighted by Crippen LogP contribution is -2.32. The standard InChI is InChI=1S/C22H27N3O5S/c1-12-15(13(2)23-17(12)22(29)30-5)19(26)16-18(14-8-6-11-31-14)25(21(28)20(16)27)10-7-9-24(3)4/h6,8,11,18,23,26H,7,9-10H2,1-5H3/t18-/m0/s1. The Morgan fingerprint density at radius 1 is 1.32 bits per heavy atom. The predicted octanol–water partition coefficient (Wildman–Crippen LogP) is 2.85. The van der Waals surface area contributed by atoms with E-state index in [2.05, 4.69) is 4.98 Å². The molecule has 9 heteroatoms. The molecule has 0 saturated carbocycles.